The Kier molecular flexibility index (Phi) is 5.33. The lowest BCUT2D eigenvalue weighted by molar-refractivity contribution is -0.134. The van der Waals surface area contributed by atoms with Crippen LogP contribution in [0.25, 0.3) is 0 Å². The summed E-state index contributed by atoms with van der Waals surface area (Å²) in [5.74, 6) is 3.42. The number of rotatable bonds is 3. The molecule has 0 amide bonds. The summed E-state index contributed by atoms with van der Waals surface area (Å²) in [6.45, 7) is -2.18. The molecule has 9 heteroatoms. The SMILES string of the molecule is CN(CC(F)(F)F)S(=O)(=O)c1ccc(C#CCO)c(F)c1. The average Bonchev–Trinajstić information content (AvgIpc) is 2.35. The second-order valence-electron chi connectivity index (χ2n) is 3.98. The Balaban J connectivity index is 3.13. The van der Waals surface area contributed by atoms with Crippen LogP contribution < -0.4 is 0 Å². The minimum absolute atomic E-state index is 0.0842. The molecule has 1 aromatic rings. The third kappa shape index (κ3) is 4.70. The molecule has 0 fully saturated rings. The van der Waals surface area contributed by atoms with Crippen LogP contribution in [-0.4, -0.2) is 44.2 Å². The molecule has 21 heavy (non-hydrogen) atoms. The van der Waals surface area contributed by atoms with Gasteiger partial charge < -0.3 is 5.11 Å². The van der Waals surface area contributed by atoms with E-state index in [4.69, 9.17) is 5.11 Å². The molecule has 0 atom stereocenters. The van der Waals surface area contributed by atoms with Crippen LogP contribution in [0, 0.1) is 17.7 Å². The predicted molar refractivity (Wildman–Crippen MR) is 66.2 cm³/mol. The van der Waals surface area contributed by atoms with E-state index in [2.05, 4.69) is 11.8 Å². The Morgan fingerprint density at radius 1 is 1.33 bits per heavy atom. The van der Waals surface area contributed by atoms with Gasteiger partial charge in [0.15, 0.2) is 0 Å². The Morgan fingerprint density at radius 3 is 2.43 bits per heavy atom. The van der Waals surface area contributed by atoms with Crippen molar-refractivity contribution in [2.45, 2.75) is 11.1 Å². The number of hydrogen-bond acceptors (Lipinski definition) is 3. The molecule has 4 nitrogen and oxygen atoms in total. The van der Waals surface area contributed by atoms with Crippen LogP contribution in [0.1, 0.15) is 5.56 Å². The van der Waals surface area contributed by atoms with E-state index in [9.17, 15) is 26.0 Å². The number of sulfonamides is 1. The summed E-state index contributed by atoms with van der Waals surface area (Å²) in [6.07, 6.45) is -4.70. The fourth-order valence-electron chi connectivity index (χ4n) is 1.41. The topological polar surface area (TPSA) is 57.6 Å². The number of halogens is 4. The standard InChI is InChI=1S/C12H11F4NO3S/c1-17(8-12(14,15)16)21(19,20)10-5-4-9(3-2-6-18)11(13)7-10/h4-5,7,18H,6,8H2,1H3. The predicted octanol–water partition coefficient (Wildman–Crippen LogP) is 1.35. The Labute approximate surface area is 119 Å². The minimum Gasteiger partial charge on any atom is -0.384 e. The van der Waals surface area contributed by atoms with Gasteiger partial charge in [0, 0.05) is 7.05 Å². The van der Waals surface area contributed by atoms with Crippen molar-refractivity contribution in [1.29, 1.82) is 0 Å². The van der Waals surface area contributed by atoms with Gasteiger partial charge in [-0.05, 0) is 18.2 Å². The molecule has 1 aromatic carbocycles. The quantitative estimate of drug-likeness (QED) is 0.674. The molecule has 0 aliphatic rings. The maximum absolute atomic E-state index is 13.6. The summed E-state index contributed by atoms with van der Waals surface area (Å²) in [7, 11) is -3.71. The van der Waals surface area contributed by atoms with Gasteiger partial charge in [0.05, 0.1) is 10.5 Å². The van der Waals surface area contributed by atoms with Crippen molar-refractivity contribution >= 4 is 10.0 Å². The Bertz CT molecular complexity index is 674. The van der Waals surface area contributed by atoms with Crippen molar-refractivity contribution in [2.24, 2.45) is 0 Å². The second-order valence-corrected chi connectivity index (χ2v) is 6.02. The molecule has 0 aliphatic heterocycles. The van der Waals surface area contributed by atoms with E-state index in [1.165, 1.54) is 0 Å². The van der Waals surface area contributed by atoms with Gasteiger partial charge in [-0.2, -0.15) is 17.5 Å². The monoisotopic (exact) mass is 325 g/mol. The third-order valence-corrected chi connectivity index (χ3v) is 4.15. The van der Waals surface area contributed by atoms with Gasteiger partial charge in [-0.25, -0.2) is 12.8 Å². The fraction of sp³-hybridized carbons (Fsp3) is 0.333. The van der Waals surface area contributed by atoms with Gasteiger partial charge in [0.1, 0.15) is 19.0 Å². The van der Waals surface area contributed by atoms with Gasteiger partial charge in [-0.15, -0.1) is 0 Å². The number of aliphatic hydroxyl groups is 1. The maximum Gasteiger partial charge on any atom is 0.402 e. The number of aliphatic hydroxyl groups excluding tert-OH is 1. The number of hydrogen-bond donors (Lipinski definition) is 1. The largest absolute Gasteiger partial charge is 0.402 e. The van der Waals surface area contributed by atoms with Crippen molar-refractivity contribution in [3.05, 3.63) is 29.6 Å². The first kappa shape index (κ1) is 17.4. The minimum atomic E-state index is -4.70. The smallest absolute Gasteiger partial charge is 0.384 e. The highest BCUT2D eigenvalue weighted by molar-refractivity contribution is 7.89. The first-order chi connectivity index (χ1) is 9.58. The van der Waals surface area contributed by atoms with E-state index in [-0.39, 0.29) is 9.87 Å². The summed E-state index contributed by atoms with van der Waals surface area (Å²) in [4.78, 5) is -0.610. The fourth-order valence-corrected chi connectivity index (χ4v) is 2.58. The lowest BCUT2D eigenvalue weighted by Crippen LogP contribution is -2.35. The third-order valence-electron chi connectivity index (χ3n) is 2.35. The summed E-state index contributed by atoms with van der Waals surface area (Å²) >= 11 is 0. The average molecular weight is 325 g/mol. The van der Waals surface area contributed by atoms with Gasteiger partial charge >= 0.3 is 6.18 Å². The molecule has 0 spiro atoms. The van der Waals surface area contributed by atoms with Crippen LogP contribution in [0.4, 0.5) is 17.6 Å². The van der Waals surface area contributed by atoms with E-state index in [1.807, 2.05) is 0 Å². The van der Waals surface area contributed by atoms with Crippen molar-refractivity contribution in [3.8, 4) is 11.8 Å². The number of benzene rings is 1. The molecule has 0 aromatic heterocycles. The van der Waals surface area contributed by atoms with Crippen LogP contribution >= 0.6 is 0 Å². The molecular weight excluding hydrogens is 314 g/mol. The van der Waals surface area contributed by atoms with Crippen LogP contribution in [0.3, 0.4) is 0 Å². The highest BCUT2D eigenvalue weighted by Crippen LogP contribution is 2.22. The molecule has 0 unspecified atom stereocenters. The van der Waals surface area contributed by atoms with E-state index in [1.54, 1.807) is 0 Å². The lowest BCUT2D eigenvalue weighted by atomic mass is 10.2. The highest BCUT2D eigenvalue weighted by atomic mass is 32.2. The maximum atomic E-state index is 13.6. The first-order valence-electron chi connectivity index (χ1n) is 5.50. The molecule has 1 N–H and O–H groups in total. The Hall–Kier alpha value is -1.63. The van der Waals surface area contributed by atoms with Crippen LogP contribution in [0.5, 0.6) is 0 Å². The van der Waals surface area contributed by atoms with Gasteiger partial charge in [0.2, 0.25) is 10.0 Å². The van der Waals surface area contributed by atoms with E-state index in [0.717, 1.165) is 19.2 Å². The molecular formula is C12H11F4NO3S. The zero-order valence-corrected chi connectivity index (χ0v) is 11.6. The molecule has 0 heterocycles. The Morgan fingerprint density at radius 2 is 1.95 bits per heavy atom. The summed E-state index contributed by atoms with van der Waals surface area (Å²) in [5.41, 5.74) is -0.165. The number of nitrogens with zero attached hydrogens (tertiary/aromatic N) is 1. The van der Waals surface area contributed by atoms with Gasteiger partial charge in [-0.3, -0.25) is 0 Å². The molecule has 1 rings (SSSR count). The normalized spacial score (nSPS) is 12.1. The molecule has 0 saturated heterocycles. The zero-order chi connectivity index (χ0) is 16.3. The van der Waals surface area contributed by atoms with Gasteiger partial charge in [0.25, 0.3) is 0 Å². The summed E-state index contributed by atoms with van der Waals surface area (Å²) in [5, 5.41) is 8.48. The molecule has 0 radical (unpaired) electrons. The molecule has 0 aliphatic carbocycles. The lowest BCUT2D eigenvalue weighted by Gasteiger charge is -2.18. The van der Waals surface area contributed by atoms with Crippen molar-refractivity contribution in [3.63, 3.8) is 0 Å². The van der Waals surface area contributed by atoms with E-state index in [0.29, 0.717) is 6.07 Å². The second kappa shape index (κ2) is 6.43. The molecule has 0 bridgehead atoms. The highest BCUT2D eigenvalue weighted by Gasteiger charge is 2.35. The van der Waals surface area contributed by atoms with Crippen LogP contribution in [-0.2, 0) is 10.0 Å². The van der Waals surface area contributed by atoms with Crippen molar-refractivity contribution in [1.82, 2.24) is 4.31 Å². The molecule has 116 valence electrons. The van der Waals surface area contributed by atoms with E-state index >= 15 is 0 Å². The zero-order valence-electron chi connectivity index (χ0n) is 10.8. The van der Waals surface area contributed by atoms with Crippen molar-refractivity contribution < 1.29 is 31.1 Å². The summed E-state index contributed by atoms with van der Waals surface area (Å²) < 4.78 is 74.1. The van der Waals surface area contributed by atoms with E-state index < -0.39 is 40.1 Å². The van der Waals surface area contributed by atoms with Gasteiger partial charge in [-0.1, -0.05) is 11.8 Å². The molecule has 0 saturated carbocycles. The van der Waals surface area contributed by atoms with Crippen LogP contribution in [0.15, 0.2) is 23.1 Å². The first-order valence-corrected chi connectivity index (χ1v) is 6.94. The number of alkyl halides is 3. The summed E-state index contributed by atoms with van der Waals surface area (Å²) in [6, 6.07) is 2.56. The van der Waals surface area contributed by atoms with Crippen LogP contribution in [0.2, 0.25) is 0 Å². The van der Waals surface area contributed by atoms with Crippen molar-refractivity contribution in [2.75, 3.05) is 20.2 Å².